The second-order valence-corrected chi connectivity index (χ2v) is 10.1. The van der Waals surface area contributed by atoms with Crippen molar-refractivity contribution < 1.29 is 9.90 Å². The third-order valence-corrected chi connectivity index (χ3v) is 7.67. The number of rotatable bonds is 6. The molecule has 8 heteroatoms. The van der Waals surface area contributed by atoms with Crippen molar-refractivity contribution >= 4 is 22.5 Å². The summed E-state index contributed by atoms with van der Waals surface area (Å²) in [5.41, 5.74) is 14.2. The minimum atomic E-state index is -0.265. The quantitative estimate of drug-likeness (QED) is 0.444. The van der Waals surface area contributed by atoms with Crippen LogP contribution in [0.5, 0.6) is 0 Å². The Balaban J connectivity index is 1.63. The summed E-state index contributed by atoms with van der Waals surface area (Å²) < 4.78 is 3.85. The lowest BCUT2D eigenvalue weighted by molar-refractivity contribution is -0.119. The van der Waals surface area contributed by atoms with Crippen molar-refractivity contribution in [3.63, 3.8) is 0 Å². The van der Waals surface area contributed by atoms with E-state index in [2.05, 4.69) is 60.9 Å². The van der Waals surface area contributed by atoms with Crippen LogP contribution >= 0.6 is 0 Å². The number of amides is 1. The van der Waals surface area contributed by atoms with E-state index in [1.165, 1.54) is 16.5 Å². The number of likely N-dealkylation sites (tertiary alicyclic amines) is 1. The van der Waals surface area contributed by atoms with E-state index < -0.39 is 0 Å². The maximum absolute atomic E-state index is 11.3. The SMILES string of the molecule is Cc1c(-c2c(C(C)C)c3cc(C4CCN(CC(N)=O)CC4)ccc3n2CO)cn2ncnc2c1C. The molecule has 4 heterocycles. The van der Waals surface area contributed by atoms with Gasteiger partial charge in [-0.1, -0.05) is 19.9 Å². The van der Waals surface area contributed by atoms with Gasteiger partial charge >= 0.3 is 0 Å². The number of nitrogens with zero attached hydrogens (tertiary/aromatic N) is 5. The standard InChI is InChI=1S/C27H34N6O2/c1-16(2)25-21-11-20(19-7-9-31(10-8-19)13-24(28)35)5-6-23(21)32(15-34)26(25)22-12-33-27(29-14-30-33)18(4)17(22)3/h5-6,11-12,14,16,19,34H,7-10,13,15H2,1-4H3,(H2,28,35). The van der Waals surface area contributed by atoms with Gasteiger partial charge in [-0.2, -0.15) is 5.10 Å². The summed E-state index contributed by atoms with van der Waals surface area (Å²) in [5.74, 6) is 0.443. The first kappa shape index (κ1) is 23.5. The van der Waals surface area contributed by atoms with Gasteiger partial charge in [0.2, 0.25) is 5.91 Å². The molecule has 0 bridgehead atoms. The Kier molecular flexibility index (Phi) is 6.11. The average Bonchev–Trinajstić information content (AvgIpc) is 3.43. The predicted molar refractivity (Wildman–Crippen MR) is 137 cm³/mol. The third-order valence-electron chi connectivity index (χ3n) is 7.67. The third kappa shape index (κ3) is 4.00. The van der Waals surface area contributed by atoms with Gasteiger partial charge in [0.05, 0.1) is 17.8 Å². The Morgan fingerprint density at radius 2 is 1.94 bits per heavy atom. The topological polar surface area (TPSA) is 102 Å². The van der Waals surface area contributed by atoms with Crippen LogP contribution in [0.2, 0.25) is 0 Å². The highest BCUT2D eigenvalue weighted by Gasteiger charge is 2.26. The van der Waals surface area contributed by atoms with Crippen LogP contribution in [0.4, 0.5) is 0 Å². The van der Waals surface area contributed by atoms with Crippen molar-refractivity contribution in [1.82, 2.24) is 24.1 Å². The Bertz CT molecular complexity index is 1410. The van der Waals surface area contributed by atoms with E-state index in [4.69, 9.17) is 5.73 Å². The highest BCUT2D eigenvalue weighted by molar-refractivity contribution is 5.94. The molecule has 1 amide bonds. The van der Waals surface area contributed by atoms with Gasteiger partial charge in [0, 0.05) is 17.1 Å². The molecule has 5 rings (SSSR count). The molecule has 4 aromatic rings. The number of aliphatic hydroxyl groups is 1. The number of nitrogens with two attached hydrogens (primary N) is 1. The van der Waals surface area contributed by atoms with Crippen LogP contribution < -0.4 is 5.73 Å². The van der Waals surface area contributed by atoms with Gasteiger partial charge in [-0.25, -0.2) is 9.50 Å². The highest BCUT2D eigenvalue weighted by atomic mass is 16.3. The lowest BCUT2D eigenvalue weighted by Gasteiger charge is -2.31. The van der Waals surface area contributed by atoms with Crippen LogP contribution in [0.15, 0.2) is 30.7 Å². The van der Waals surface area contributed by atoms with Crippen LogP contribution in [0.1, 0.15) is 60.8 Å². The fourth-order valence-corrected chi connectivity index (χ4v) is 5.76. The molecular formula is C27H34N6O2. The highest BCUT2D eigenvalue weighted by Crippen LogP contribution is 2.42. The van der Waals surface area contributed by atoms with E-state index in [-0.39, 0.29) is 18.6 Å². The van der Waals surface area contributed by atoms with E-state index in [9.17, 15) is 9.90 Å². The zero-order valence-electron chi connectivity index (χ0n) is 21.0. The Hall–Kier alpha value is -3.23. The minimum Gasteiger partial charge on any atom is -0.376 e. The number of aliphatic hydroxyl groups excluding tert-OH is 1. The van der Waals surface area contributed by atoms with Gasteiger partial charge in [-0.3, -0.25) is 9.69 Å². The molecule has 1 aliphatic heterocycles. The van der Waals surface area contributed by atoms with Gasteiger partial charge in [0.15, 0.2) is 5.65 Å². The molecule has 1 aliphatic rings. The van der Waals surface area contributed by atoms with Crippen LogP contribution in [0, 0.1) is 13.8 Å². The summed E-state index contributed by atoms with van der Waals surface area (Å²) in [6, 6.07) is 6.68. The largest absolute Gasteiger partial charge is 0.376 e. The molecule has 3 aromatic heterocycles. The molecular weight excluding hydrogens is 440 g/mol. The van der Waals surface area contributed by atoms with E-state index in [0.29, 0.717) is 12.5 Å². The van der Waals surface area contributed by atoms with Gasteiger partial charge in [-0.15, -0.1) is 0 Å². The minimum absolute atomic E-state index is 0.0999. The molecule has 1 fully saturated rings. The van der Waals surface area contributed by atoms with Crippen LogP contribution in [0.25, 0.3) is 27.8 Å². The molecule has 1 saturated heterocycles. The number of carbonyl (C=O) groups is 1. The average molecular weight is 475 g/mol. The van der Waals surface area contributed by atoms with E-state index >= 15 is 0 Å². The van der Waals surface area contributed by atoms with Crippen LogP contribution in [0.3, 0.4) is 0 Å². The monoisotopic (exact) mass is 474 g/mol. The Labute approximate surface area is 205 Å². The molecule has 0 radical (unpaired) electrons. The number of pyridine rings is 1. The number of benzene rings is 1. The second-order valence-electron chi connectivity index (χ2n) is 10.1. The first-order valence-electron chi connectivity index (χ1n) is 12.4. The summed E-state index contributed by atoms with van der Waals surface area (Å²) in [6.07, 6.45) is 5.62. The molecule has 184 valence electrons. The van der Waals surface area contributed by atoms with Crippen molar-refractivity contribution in [2.45, 2.75) is 59.1 Å². The zero-order valence-corrected chi connectivity index (χ0v) is 21.0. The number of aromatic nitrogens is 4. The van der Waals surface area contributed by atoms with Crippen molar-refractivity contribution in [2.75, 3.05) is 19.6 Å². The van der Waals surface area contributed by atoms with Crippen LogP contribution in [-0.2, 0) is 11.5 Å². The number of hydrogen-bond donors (Lipinski definition) is 2. The molecule has 0 aliphatic carbocycles. The normalized spacial score (nSPS) is 15.6. The molecule has 0 atom stereocenters. The molecule has 0 spiro atoms. The lowest BCUT2D eigenvalue weighted by Crippen LogP contribution is -2.39. The van der Waals surface area contributed by atoms with Crippen molar-refractivity contribution in [3.8, 4) is 11.3 Å². The van der Waals surface area contributed by atoms with E-state index in [0.717, 1.165) is 59.5 Å². The lowest BCUT2D eigenvalue weighted by atomic mass is 9.87. The fourth-order valence-electron chi connectivity index (χ4n) is 5.76. The summed E-state index contributed by atoms with van der Waals surface area (Å²) >= 11 is 0. The first-order chi connectivity index (χ1) is 16.8. The number of fused-ring (bicyclic) bond motifs is 2. The Morgan fingerprint density at radius 1 is 1.20 bits per heavy atom. The molecule has 35 heavy (non-hydrogen) atoms. The number of piperidine rings is 1. The summed E-state index contributed by atoms with van der Waals surface area (Å²) in [5, 5.41) is 16.1. The van der Waals surface area contributed by atoms with Crippen molar-refractivity contribution in [3.05, 3.63) is 53.0 Å². The number of carbonyl (C=O) groups excluding carboxylic acids is 1. The molecule has 0 unspecified atom stereocenters. The summed E-state index contributed by atoms with van der Waals surface area (Å²) in [7, 11) is 0. The first-order valence-corrected chi connectivity index (χ1v) is 12.4. The predicted octanol–water partition coefficient (Wildman–Crippen LogP) is 3.71. The van der Waals surface area contributed by atoms with Gasteiger partial charge in [0.1, 0.15) is 13.1 Å². The number of hydrogen-bond acceptors (Lipinski definition) is 5. The van der Waals surface area contributed by atoms with Gasteiger partial charge in [0.25, 0.3) is 0 Å². The van der Waals surface area contributed by atoms with Gasteiger partial charge < -0.3 is 15.4 Å². The van der Waals surface area contributed by atoms with Crippen LogP contribution in [-0.4, -0.2) is 54.7 Å². The van der Waals surface area contributed by atoms with Crippen molar-refractivity contribution in [1.29, 1.82) is 0 Å². The van der Waals surface area contributed by atoms with Crippen molar-refractivity contribution in [2.24, 2.45) is 5.73 Å². The molecule has 3 N–H and O–H groups in total. The summed E-state index contributed by atoms with van der Waals surface area (Å²) in [4.78, 5) is 17.8. The Morgan fingerprint density at radius 3 is 2.60 bits per heavy atom. The van der Waals surface area contributed by atoms with E-state index in [1.54, 1.807) is 6.33 Å². The number of aryl methyl sites for hydroxylation is 1. The zero-order chi connectivity index (χ0) is 24.9. The smallest absolute Gasteiger partial charge is 0.231 e. The molecule has 8 nitrogen and oxygen atoms in total. The molecule has 1 aromatic carbocycles. The van der Waals surface area contributed by atoms with Gasteiger partial charge in [-0.05, 0) is 86.0 Å². The fraction of sp³-hybridized carbons (Fsp3) is 0.444. The van der Waals surface area contributed by atoms with E-state index in [1.807, 2.05) is 15.3 Å². The second kappa shape index (κ2) is 9.09. The maximum Gasteiger partial charge on any atom is 0.231 e. The summed E-state index contributed by atoms with van der Waals surface area (Å²) in [6.45, 7) is 10.6. The molecule has 0 saturated carbocycles. The maximum atomic E-state index is 11.3. The number of primary amides is 1.